The van der Waals surface area contributed by atoms with Gasteiger partial charge in [-0.15, -0.1) is 0 Å². The Morgan fingerprint density at radius 3 is 1.96 bits per heavy atom. The highest BCUT2D eigenvalue weighted by Crippen LogP contribution is 2.39. The van der Waals surface area contributed by atoms with Crippen LogP contribution in [0.2, 0.25) is 0 Å². The van der Waals surface area contributed by atoms with Crippen molar-refractivity contribution in [3.05, 3.63) is 193 Å². The molecule has 0 spiro atoms. The van der Waals surface area contributed by atoms with Crippen LogP contribution in [0.3, 0.4) is 0 Å². The highest BCUT2D eigenvalue weighted by atomic mass is 16.3. The van der Waals surface area contributed by atoms with Gasteiger partial charge in [-0.05, 0) is 80.3 Å². The van der Waals surface area contributed by atoms with Crippen molar-refractivity contribution < 1.29 is 4.42 Å². The summed E-state index contributed by atoms with van der Waals surface area (Å²) in [4.78, 5) is 14.7. The van der Waals surface area contributed by atoms with E-state index in [1.807, 2.05) is 42.5 Å². The Balaban J connectivity index is 1.19. The average Bonchev–Trinajstić information content (AvgIpc) is 3.60. The van der Waals surface area contributed by atoms with Gasteiger partial charge in [-0.25, -0.2) is 9.98 Å². The lowest BCUT2D eigenvalue weighted by atomic mass is 9.92. The zero-order valence-electron chi connectivity index (χ0n) is 28.4. The molecule has 1 heterocycles. The molecule has 0 radical (unpaired) electrons. The Hall–Kier alpha value is -6.91. The first kappa shape index (κ1) is 31.1. The Morgan fingerprint density at radius 2 is 1.17 bits per heavy atom. The van der Waals surface area contributed by atoms with Crippen LogP contribution in [0.15, 0.2) is 195 Å². The molecule has 8 aromatic carbocycles. The summed E-state index contributed by atoms with van der Waals surface area (Å²) in [5.41, 5.74) is 8.96. The first-order valence-corrected chi connectivity index (χ1v) is 17.4. The summed E-state index contributed by atoms with van der Waals surface area (Å²) in [5, 5.41) is 6.83. The van der Waals surface area contributed by atoms with Crippen molar-refractivity contribution in [2.45, 2.75) is 6.54 Å². The number of furan rings is 1. The lowest BCUT2D eigenvalue weighted by Gasteiger charge is -2.11. The van der Waals surface area contributed by atoms with E-state index in [4.69, 9.17) is 14.4 Å². The number of hydrogen-bond acceptors (Lipinski definition) is 2. The quantitative estimate of drug-likeness (QED) is 0.0989. The number of hydrogen-bond donors (Lipinski definition) is 0. The van der Waals surface area contributed by atoms with Crippen molar-refractivity contribution in [1.82, 2.24) is 0 Å². The minimum absolute atomic E-state index is 0.479. The number of aliphatic imine (C=N–C) groups is 3. The van der Waals surface area contributed by atoms with Gasteiger partial charge in [0.2, 0.25) is 0 Å². The van der Waals surface area contributed by atoms with Crippen molar-refractivity contribution in [3.63, 3.8) is 0 Å². The number of benzene rings is 8. The highest BCUT2D eigenvalue weighted by Gasteiger charge is 2.18. The van der Waals surface area contributed by atoms with Crippen LogP contribution in [0.25, 0.3) is 65.7 Å². The smallest absolute Gasteiger partial charge is 0.161 e. The topological polar surface area (TPSA) is 50.2 Å². The van der Waals surface area contributed by atoms with Gasteiger partial charge in [0.25, 0.3) is 0 Å². The predicted molar refractivity (Wildman–Crippen MR) is 219 cm³/mol. The van der Waals surface area contributed by atoms with Crippen LogP contribution in [0.5, 0.6) is 0 Å². The lowest BCUT2D eigenvalue weighted by Crippen LogP contribution is -2.06. The monoisotopic (exact) mass is 667 g/mol. The second-order valence-electron chi connectivity index (χ2n) is 12.8. The molecule has 0 saturated carbocycles. The van der Waals surface area contributed by atoms with Crippen LogP contribution in [-0.4, -0.2) is 18.4 Å². The van der Waals surface area contributed by atoms with Gasteiger partial charge >= 0.3 is 0 Å². The second-order valence-corrected chi connectivity index (χ2v) is 12.8. The van der Waals surface area contributed by atoms with Crippen LogP contribution >= 0.6 is 0 Å². The molecule has 0 aliphatic carbocycles. The highest BCUT2D eigenvalue weighted by molar-refractivity contribution is 6.22. The normalized spacial score (nSPS) is 12.2. The van der Waals surface area contributed by atoms with Crippen LogP contribution in [0, 0.1) is 0 Å². The van der Waals surface area contributed by atoms with Crippen LogP contribution in [-0.2, 0) is 6.54 Å². The van der Waals surface area contributed by atoms with E-state index < -0.39 is 0 Å². The number of amidine groups is 2. The van der Waals surface area contributed by atoms with Gasteiger partial charge in [-0.2, -0.15) is 0 Å². The summed E-state index contributed by atoms with van der Waals surface area (Å²) in [5.74, 6) is 1.06. The van der Waals surface area contributed by atoms with Crippen molar-refractivity contribution in [1.29, 1.82) is 0 Å². The minimum atomic E-state index is 0.479. The molecular formula is C48H33N3O. The second kappa shape index (κ2) is 13.4. The number of rotatable bonds is 6. The Morgan fingerprint density at radius 1 is 0.500 bits per heavy atom. The molecule has 246 valence electrons. The lowest BCUT2D eigenvalue weighted by molar-refractivity contribution is 0.669. The largest absolute Gasteiger partial charge is 0.456 e. The van der Waals surface area contributed by atoms with Crippen molar-refractivity contribution in [2.24, 2.45) is 15.0 Å². The van der Waals surface area contributed by atoms with E-state index in [2.05, 4.69) is 145 Å². The van der Waals surface area contributed by atoms with Crippen molar-refractivity contribution in [2.75, 3.05) is 0 Å². The first-order chi connectivity index (χ1) is 25.7. The summed E-state index contributed by atoms with van der Waals surface area (Å²) in [7, 11) is 0. The standard InChI is InChI=1S/C48H33N3O/c1-49-48(51-47(50-31-32-13-4-2-5-14-32)35-25-23-34(24-26-35)33-15-6-3-7-16-33)41-21-12-22-45-46(41)43-30-37(27-28-44(43)52-45)42-29-36-17-8-9-18-38(36)39-19-10-11-20-40(39)42/h2-30H,1,31H2. The number of fused-ring (bicyclic) bond motifs is 6. The molecule has 0 bridgehead atoms. The maximum absolute atomic E-state index is 6.44. The third-order valence-corrected chi connectivity index (χ3v) is 9.68. The van der Waals surface area contributed by atoms with E-state index in [9.17, 15) is 0 Å². The Bertz CT molecular complexity index is 2810. The molecule has 0 fully saturated rings. The van der Waals surface area contributed by atoms with E-state index in [1.165, 1.54) is 27.1 Å². The molecule has 1 aromatic heterocycles. The molecule has 52 heavy (non-hydrogen) atoms. The molecule has 0 atom stereocenters. The van der Waals surface area contributed by atoms with E-state index in [0.29, 0.717) is 18.2 Å². The molecule has 9 rings (SSSR count). The Labute approximate surface area is 301 Å². The van der Waals surface area contributed by atoms with E-state index >= 15 is 0 Å². The minimum Gasteiger partial charge on any atom is -0.456 e. The zero-order valence-corrected chi connectivity index (χ0v) is 28.4. The summed E-state index contributed by atoms with van der Waals surface area (Å²) >= 11 is 0. The maximum atomic E-state index is 6.44. The molecule has 0 aliphatic heterocycles. The fourth-order valence-electron chi connectivity index (χ4n) is 7.14. The SMILES string of the molecule is C=NC(=NC(=NCc1ccccc1)c1ccc(-c2ccccc2)cc1)c1cccc2oc3ccc(-c4cc5ccccc5c5ccccc45)cc3c12. The molecule has 9 aromatic rings. The number of nitrogens with zero attached hydrogens (tertiary/aromatic N) is 3. The molecule has 0 saturated heterocycles. The van der Waals surface area contributed by atoms with E-state index in [1.54, 1.807) is 0 Å². The molecule has 4 nitrogen and oxygen atoms in total. The maximum Gasteiger partial charge on any atom is 0.161 e. The average molecular weight is 668 g/mol. The van der Waals surface area contributed by atoms with Crippen LogP contribution in [0.1, 0.15) is 16.7 Å². The molecule has 4 heteroatoms. The van der Waals surface area contributed by atoms with Gasteiger partial charge in [-0.1, -0.05) is 152 Å². The van der Waals surface area contributed by atoms with Gasteiger partial charge in [-0.3, -0.25) is 4.99 Å². The van der Waals surface area contributed by atoms with Gasteiger partial charge in [0.15, 0.2) is 11.7 Å². The van der Waals surface area contributed by atoms with Gasteiger partial charge < -0.3 is 4.42 Å². The molecule has 0 aliphatic rings. The van der Waals surface area contributed by atoms with E-state index in [-0.39, 0.29) is 0 Å². The summed E-state index contributed by atoms with van der Waals surface area (Å²) in [6.45, 7) is 4.47. The zero-order chi connectivity index (χ0) is 34.9. The first-order valence-electron chi connectivity index (χ1n) is 17.4. The molecule has 0 N–H and O–H groups in total. The fraction of sp³-hybridized carbons (Fsp3) is 0.0208. The van der Waals surface area contributed by atoms with Crippen LogP contribution in [0.4, 0.5) is 0 Å². The van der Waals surface area contributed by atoms with E-state index in [0.717, 1.165) is 55.3 Å². The van der Waals surface area contributed by atoms with Crippen LogP contribution < -0.4 is 0 Å². The summed E-state index contributed by atoms with van der Waals surface area (Å²) in [6.07, 6.45) is 0. The third-order valence-electron chi connectivity index (χ3n) is 9.68. The van der Waals surface area contributed by atoms with Crippen molar-refractivity contribution >= 4 is 61.9 Å². The van der Waals surface area contributed by atoms with Gasteiger partial charge in [0.1, 0.15) is 11.2 Å². The molecular weight excluding hydrogens is 635 g/mol. The summed E-state index contributed by atoms with van der Waals surface area (Å²) in [6, 6.07) is 60.9. The van der Waals surface area contributed by atoms with Gasteiger partial charge in [0.05, 0.1) is 6.54 Å². The Kier molecular flexibility index (Phi) is 8.03. The fourth-order valence-corrected chi connectivity index (χ4v) is 7.14. The summed E-state index contributed by atoms with van der Waals surface area (Å²) < 4.78 is 6.44. The molecule has 0 amide bonds. The third kappa shape index (κ3) is 5.76. The molecule has 0 unspecified atom stereocenters. The van der Waals surface area contributed by atoms with Crippen molar-refractivity contribution in [3.8, 4) is 22.3 Å². The van der Waals surface area contributed by atoms with Gasteiger partial charge in [0, 0.05) is 21.9 Å². The predicted octanol–water partition coefficient (Wildman–Crippen LogP) is 12.3.